The van der Waals surface area contributed by atoms with Crippen molar-refractivity contribution >= 4 is 0 Å². The topological polar surface area (TPSA) is 36.9 Å². The predicted molar refractivity (Wildman–Crippen MR) is 168 cm³/mol. The lowest BCUT2D eigenvalue weighted by atomic mass is 9.74. The maximum absolute atomic E-state index is 6.66. The summed E-state index contributed by atoms with van der Waals surface area (Å²) in [6, 6.07) is 0. The molecule has 2 spiro atoms. The molecule has 4 aliphatic carbocycles. The van der Waals surface area contributed by atoms with E-state index < -0.39 is 0 Å². The van der Waals surface area contributed by atoms with Crippen molar-refractivity contribution < 1.29 is 18.9 Å². The smallest absolute Gasteiger partial charge is 0.169 e. The second kappa shape index (κ2) is 10.7. The molecule has 41 heavy (non-hydrogen) atoms. The second-order valence-corrected chi connectivity index (χ2v) is 19.3. The Hall–Kier alpha value is -0.160. The Morgan fingerprint density at radius 2 is 0.585 bits per heavy atom. The summed E-state index contributed by atoms with van der Waals surface area (Å²) >= 11 is 0. The third-order valence-corrected chi connectivity index (χ3v) is 12.1. The number of rotatable bonds is 0. The molecule has 0 N–H and O–H groups in total. The molecule has 2 heterocycles. The molecule has 0 aromatic rings. The van der Waals surface area contributed by atoms with Crippen molar-refractivity contribution in [3.63, 3.8) is 0 Å². The average Bonchev–Trinajstić information content (AvgIpc) is 3.59. The Bertz CT molecular complexity index is 839. The molecule has 0 radical (unpaired) electrons. The van der Waals surface area contributed by atoms with Crippen LogP contribution >= 0.6 is 0 Å². The Morgan fingerprint density at radius 3 is 0.805 bits per heavy atom. The van der Waals surface area contributed by atoms with Crippen molar-refractivity contribution in [2.24, 2.45) is 45.3 Å². The van der Waals surface area contributed by atoms with Gasteiger partial charge < -0.3 is 18.9 Å². The minimum atomic E-state index is -0.235. The molecular weight excluding hydrogens is 508 g/mol. The molecule has 0 aromatic heterocycles. The maximum atomic E-state index is 6.66. The highest BCUT2D eigenvalue weighted by molar-refractivity contribution is 5.07. The summed E-state index contributed by atoms with van der Waals surface area (Å²) in [4.78, 5) is 0. The van der Waals surface area contributed by atoms with Crippen LogP contribution in [0.4, 0.5) is 0 Å². The Labute approximate surface area is 253 Å². The van der Waals surface area contributed by atoms with Crippen molar-refractivity contribution in [3.8, 4) is 0 Å². The molecule has 2 aliphatic heterocycles. The van der Waals surface area contributed by atoms with Crippen LogP contribution < -0.4 is 0 Å². The monoisotopic (exact) mass is 574 g/mol. The molecule has 6 rings (SSSR count). The molecule has 2 saturated heterocycles. The fraction of sp³-hybridized carbons (Fsp3) is 1.00. The van der Waals surface area contributed by atoms with E-state index in [1.54, 1.807) is 0 Å². The number of fused-ring (bicyclic) bond motifs is 2. The zero-order valence-electron chi connectivity index (χ0n) is 29.0. The molecule has 0 amide bonds. The van der Waals surface area contributed by atoms with Crippen LogP contribution in [-0.2, 0) is 18.9 Å². The van der Waals surface area contributed by atoms with Gasteiger partial charge in [-0.2, -0.15) is 0 Å². The molecule has 6 fully saturated rings. The van der Waals surface area contributed by atoms with Crippen LogP contribution in [0.25, 0.3) is 0 Å². The summed E-state index contributed by atoms with van der Waals surface area (Å²) in [6.07, 6.45) is 14.6. The van der Waals surface area contributed by atoms with E-state index in [0.29, 0.717) is 69.7 Å². The van der Waals surface area contributed by atoms with Crippen LogP contribution in [0.3, 0.4) is 0 Å². The molecule has 8 unspecified atom stereocenters. The first kappa shape index (κ1) is 32.2. The van der Waals surface area contributed by atoms with Gasteiger partial charge in [-0.3, -0.25) is 0 Å². The maximum Gasteiger partial charge on any atom is 0.169 e. The van der Waals surface area contributed by atoms with Gasteiger partial charge in [-0.15, -0.1) is 0 Å². The summed E-state index contributed by atoms with van der Waals surface area (Å²) in [6.45, 7) is 28.4. The van der Waals surface area contributed by atoms with Crippen LogP contribution in [0.2, 0.25) is 0 Å². The van der Waals surface area contributed by atoms with Gasteiger partial charge in [0.05, 0.1) is 24.4 Å². The van der Waals surface area contributed by atoms with E-state index >= 15 is 0 Å². The first-order chi connectivity index (χ1) is 18.7. The van der Waals surface area contributed by atoms with E-state index in [4.69, 9.17) is 18.9 Å². The van der Waals surface area contributed by atoms with Crippen LogP contribution in [-0.4, -0.2) is 36.0 Å². The van der Waals surface area contributed by atoms with E-state index in [1.165, 1.54) is 44.9 Å². The molecule has 0 bridgehead atoms. The predicted octanol–water partition coefficient (Wildman–Crippen LogP) is 9.93. The van der Waals surface area contributed by atoms with Gasteiger partial charge in [0.1, 0.15) is 0 Å². The molecular formula is C37H66O4. The molecule has 4 nitrogen and oxygen atoms in total. The molecule has 4 saturated carbocycles. The van der Waals surface area contributed by atoms with Crippen molar-refractivity contribution in [3.05, 3.63) is 0 Å². The lowest BCUT2D eigenvalue weighted by Gasteiger charge is -2.38. The Balaban J connectivity index is 0.000000165. The number of hydrogen-bond acceptors (Lipinski definition) is 4. The third-order valence-electron chi connectivity index (χ3n) is 12.1. The summed E-state index contributed by atoms with van der Waals surface area (Å²) in [5.74, 6) is 2.03. The van der Waals surface area contributed by atoms with Crippen molar-refractivity contribution in [2.75, 3.05) is 0 Å². The fourth-order valence-electron chi connectivity index (χ4n) is 9.50. The van der Waals surface area contributed by atoms with Crippen LogP contribution in [0.1, 0.15) is 154 Å². The highest BCUT2D eigenvalue weighted by Gasteiger charge is 2.62. The molecule has 8 atom stereocenters. The van der Waals surface area contributed by atoms with Gasteiger partial charge in [0.15, 0.2) is 11.6 Å². The standard InChI is InChI=1S/C19H34O2.C18H32O2/c1-17(2,3)13-12-14(18(4,5)6)16-15(13)20-19(21-16)10-8-7-9-11-19;1-16(2,3)12-11-13(17(4,5)6)15-14(12)19-18(20-15)9-7-8-10-18/h13-16H,7-12H2,1-6H3;12-15H,7-11H2,1-6H3. The summed E-state index contributed by atoms with van der Waals surface area (Å²) in [5.41, 5.74) is 1.20. The van der Waals surface area contributed by atoms with E-state index in [1.807, 2.05) is 0 Å². The van der Waals surface area contributed by atoms with Gasteiger partial charge >= 0.3 is 0 Å². The quantitative estimate of drug-likeness (QED) is 0.288. The highest BCUT2D eigenvalue weighted by atomic mass is 16.8. The Morgan fingerprint density at radius 1 is 0.366 bits per heavy atom. The van der Waals surface area contributed by atoms with Gasteiger partial charge in [-0.1, -0.05) is 89.5 Å². The van der Waals surface area contributed by atoms with Gasteiger partial charge in [-0.05, 0) is 83.9 Å². The van der Waals surface area contributed by atoms with Crippen LogP contribution in [0.15, 0.2) is 0 Å². The van der Waals surface area contributed by atoms with E-state index in [0.717, 1.165) is 25.7 Å². The average molecular weight is 575 g/mol. The van der Waals surface area contributed by atoms with Crippen molar-refractivity contribution in [2.45, 2.75) is 190 Å². The molecule has 6 aliphatic rings. The third kappa shape index (κ3) is 6.34. The van der Waals surface area contributed by atoms with Gasteiger partial charge in [0.25, 0.3) is 0 Å². The SMILES string of the molecule is CC(C)(C)C1CC(C(C)(C)C)C2OC3(CCCC3)OC21.CC(C)(C)C1CC(C(C)(C)C)C2OC3(CCCCC3)OC21. The van der Waals surface area contributed by atoms with E-state index in [2.05, 4.69) is 83.1 Å². The molecule has 0 aromatic carbocycles. The van der Waals surface area contributed by atoms with E-state index in [-0.39, 0.29) is 11.6 Å². The zero-order valence-corrected chi connectivity index (χ0v) is 29.0. The molecule has 238 valence electrons. The molecule has 4 heteroatoms. The minimum absolute atomic E-state index is 0.219. The van der Waals surface area contributed by atoms with Gasteiger partial charge in [-0.25, -0.2) is 0 Å². The van der Waals surface area contributed by atoms with Gasteiger partial charge in [0.2, 0.25) is 0 Å². The first-order valence-corrected chi connectivity index (χ1v) is 17.5. The zero-order chi connectivity index (χ0) is 30.2. The number of hydrogen-bond donors (Lipinski definition) is 0. The summed E-state index contributed by atoms with van der Waals surface area (Å²) < 4.78 is 26.5. The van der Waals surface area contributed by atoms with Crippen LogP contribution in [0.5, 0.6) is 0 Å². The van der Waals surface area contributed by atoms with E-state index in [9.17, 15) is 0 Å². The second-order valence-electron chi connectivity index (χ2n) is 19.3. The van der Waals surface area contributed by atoms with Crippen LogP contribution in [0, 0.1) is 45.3 Å². The summed E-state index contributed by atoms with van der Waals surface area (Å²) in [7, 11) is 0. The van der Waals surface area contributed by atoms with Crippen molar-refractivity contribution in [1.82, 2.24) is 0 Å². The Kier molecular flexibility index (Phi) is 8.44. The lowest BCUT2D eigenvalue weighted by molar-refractivity contribution is -0.212. The lowest BCUT2D eigenvalue weighted by Crippen LogP contribution is -2.37. The first-order valence-electron chi connectivity index (χ1n) is 17.5. The summed E-state index contributed by atoms with van der Waals surface area (Å²) in [5, 5.41) is 0. The fourth-order valence-corrected chi connectivity index (χ4v) is 9.50. The largest absolute Gasteiger partial charge is 0.344 e. The number of ether oxygens (including phenoxy) is 4. The highest BCUT2D eigenvalue weighted by Crippen LogP contribution is 2.59. The normalized spacial score (nSPS) is 40.1. The van der Waals surface area contributed by atoms with Gasteiger partial charge in [0, 0.05) is 25.7 Å². The minimum Gasteiger partial charge on any atom is -0.344 e. The van der Waals surface area contributed by atoms with Crippen molar-refractivity contribution in [1.29, 1.82) is 0 Å².